The van der Waals surface area contributed by atoms with Gasteiger partial charge in [0.2, 0.25) is 0 Å². The smallest absolute Gasteiger partial charge is 0.278 e. The average Bonchev–Trinajstić information content (AvgIpc) is 3.01. The number of nitrogens with zero attached hydrogens (tertiary/aromatic N) is 2. The van der Waals surface area contributed by atoms with Crippen LogP contribution in [0.15, 0.2) is 54.2 Å². The molecule has 2 amide bonds. The third kappa shape index (κ3) is 4.53. The first-order valence-corrected chi connectivity index (χ1v) is 11.6. The van der Waals surface area contributed by atoms with E-state index in [0.29, 0.717) is 22.2 Å². The van der Waals surface area contributed by atoms with E-state index in [1.54, 1.807) is 6.07 Å². The molecule has 0 saturated carbocycles. The third-order valence-corrected chi connectivity index (χ3v) is 6.41. The van der Waals surface area contributed by atoms with Gasteiger partial charge in [0.15, 0.2) is 0 Å². The largest absolute Gasteiger partial charge is 0.491 e. The molecule has 2 aliphatic heterocycles. The highest BCUT2D eigenvalue weighted by molar-refractivity contribution is 6.35. The van der Waals surface area contributed by atoms with E-state index in [-0.39, 0.29) is 24.5 Å². The molecule has 0 bridgehead atoms. The van der Waals surface area contributed by atoms with Crippen LogP contribution < -0.4 is 4.74 Å². The molecule has 0 aromatic heterocycles. The number of halogens is 1. The normalized spacial score (nSPS) is 17.7. The predicted molar refractivity (Wildman–Crippen MR) is 126 cm³/mol. The van der Waals surface area contributed by atoms with Crippen molar-refractivity contribution in [1.29, 1.82) is 0 Å². The zero-order chi connectivity index (χ0) is 22.8. The summed E-state index contributed by atoms with van der Waals surface area (Å²) >= 11 is 6.32. The van der Waals surface area contributed by atoms with E-state index >= 15 is 0 Å². The van der Waals surface area contributed by atoms with Crippen LogP contribution in [0.5, 0.6) is 5.75 Å². The Labute approximate surface area is 194 Å². The number of likely N-dealkylation sites (tertiary alicyclic amines) is 1. The lowest BCUT2D eigenvalue weighted by Gasteiger charge is -2.32. The number of amides is 2. The van der Waals surface area contributed by atoms with E-state index in [9.17, 15) is 9.59 Å². The maximum atomic E-state index is 13.6. The highest BCUT2D eigenvalue weighted by Gasteiger charge is 2.42. The molecule has 168 valence electrons. The Hall–Kier alpha value is -2.79. The molecule has 5 nitrogen and oxygen atoms in total. The van der Waals surface area contributed by atoms with E-state index < -0.39 is 0 Å². The summed E-state index contributed by atoms with van der Waals surface area (Å²) in [5, 5.41) is 0.546. The number of carbonyl (C=O) groups is 2. The average molecular weight is 453 g/mol. The summed E-state index contributed by atoms with van der Waals surface area (Å²) in [5.41, 5.74) is 2.46. The second-order valence-corrected chi connectivity index (χ2v) is 9.28. The summed E-state index contributed by atoms with van der Waals surface area (Å²) in [7, 11) is 0. The lowest BCUT2D eigenvalue weighted by atomic mass is 9.97. The molecular formula is C26H29ClN2O3. The zero-order valence-electron chi connectivity index (χ0n) is 18.8. The van der Waals surface area contributed by atoms with Gasteiger partial charge in [0, 0.05) is 18.1 Å². The Balaban J connectivity index is 1.70. The van der Waals surface area contributed by atoms with Crippen molar-refractivity contribution in [3.63, 3.8) is 0 Å². The van der Waals surface area contributed by atoms with Gasteiger partial charge in [-0.15, -0.1) is 0 Å². The summed E-state index contributed by atoms with van der Waals surface area (Å²) in [6, 6.07) is 14.8. The lowest BCUT2D eigenvalue weighted by Crippen LogP contribution is -2.38. The van der Waals surface area contributed by atoms with Gasteiger partial charge in [0.05, 0.1) is 18.2 Å². The minimum Gasteiger partial charge on any atom is -0.491 e. The quantitative estimate of drug-likeness (QED) is 0.569. The van der Waals surface area contributed by atoms with Gasteiger partial charge in [-0.1, -0.05) is 48.9 Å². The van der Waals surface area contributed by atoms with Crippen molar-refractivity contribution >= 4 is 29.0 Å². The molecule has 2 aliphatic rings. The molecule has 0 radical (unpaired) electrons. The van der Waals surface area contributed by atoms with Gasteiger partial charge < -0.3 is 9.64 Å². The van der Waals surface area contributed by atoms with Gasteiger partial charge in [0.25, 0.3) is 11.8 Å². The SMILES string of the molecule is CC1CCN(C2=C(c3ccc(OC(C)C)cc3)C(=O)N(Cc3ccccc3Cl)C2=O)CC1. The molecule has 32 heavy (non-hydrogen) atoms. The van der Waals surface area contributed by atoms with Crippen molar-refractivity contribution in [1.82, 2.24) is 9.80 Å². The fourth-order valence-corrected chi connectivity index (χ4v) is 4.46. The number of carbonyl (C=O) groups excluding carboxylic acids is 2. The number of imide groups is 1. The van der Waals surface area contributed by atoms with Gasteiger partial charge in [-0.25, -0.2) is 0 Å². The molecule has 1 saturated heterocycles. The first kappa shape index (κ1) is 22.4. The first-order valence-electron chi connectivity index (χ1n) is 11.2. The van der Waals surface area contributed by atoms with Gasteiger partial charge in [-0.05, 0) is 61.9 Å². The lowest BCUT2D eigenvalue weighted by molar-refractivity contribution is -0.138. The van der Waals surface area contributed by atoms with E-state index in [4.69, 9.17) is 16.3 Å². The molecular weight excluding hydrogens is 424 g/mol. The molecule has 2 aromatic carbocycles. The van der Waals surface area contributed by atoms with Crippen LogP contribution in [0.1, 0.15) is 44.7 Å². The van der Waals surface area contributed by atoms with Crippen molar-refractivity contribution in [2.75, 3.05) is 13.1 Å². The van der Waals surface area contributed by atoms with Crippen LogP contribution >= 0.6 is 11.6 Å². The van der Waals surface area contributed by atoms with E-state index in [1.807, 2.05) is 56.3 Å². The predicted octanol–water partition coefficient (Wildman–Crippen LogP) is 5.14. The Morgan fingerprint density at radius 1 is 1.00 bits per heavy atom. The van der Waals surface area contributed by atoms with Crippen LogP contribution in [0, 0.1) is 5.92 Å². The van der Waals surface area contributed by atoms with Crippen LogP contribution in [-0.4, -0.2) is 40.8 Å². The highest BCUT2D eigenvalue weighted by Crippen LogP contribution is 2.35. The molecule has 6 heteroatoms. The Morgan fingerprint density at radius 3 is 2.28 bits per heavy atom. The molecule has 4 rings (SSSR count). The molecule has 2 aromatic rings. The fourth-order valence-electron chi connectivity index (χ4n) is 4.26. The molecule has 0 unspecified atom stereocenters. The first-order chi connectivity index (χ1) is 15.3. The van der Waals surface area contributed by atoms with Crippen LogP contribution in [0.3, 0.4) is 0 Å². The summed E-state index contributed by atoms with van der Waals surface area (Å²) in [4.78, 5) is 30.5. The summed E-state index contributed by atoms with van der Waals surface area (Å²) in [6.45, 7) is 7.87. The molecule has 2 heterocycles. The van der Waals surface area contributed by atoms with Crippen LogP contribution in [0.4, 0.5) is 0 Å². The van der Waals surface area contributed by atoms with Crippen molar-refractivity contribution in [3.05, 3.63) is 70.4 Å². The number of piperidine rings is 1. The van der Waals surface area contributed by atoms with Crippen LogP contribution in [0.2, 0.25) is 5.02 Å². The molecule has 1 fully saturated rings. The monoisotopic (exact) mass is 452 g/mol. The van der Waals surface area contributed by atoms with Crippen molar-refractivity contribution in [2.45, 2.75) is 46.3 Å². The number of hydrogen-bond acceptors (Lipinski definition) is 4. The van der Waals surface area contributed by atoms with E-state index in [2.05, 4.69) is 11.8 Å². The standard InChI is InChI=1S/C26H29ClN2O3/c1-17(2)32-21-10-8-19(9-11-21)23-24(28-14-12-18(3)13-15-28)26(31)29(25(23)30)16-20-6-4-5-7-22(20)27/h4-11,17-18H,12-16H2,1-3H3. The second kappa shape index (κ2) is 9.37. The van der Waals surface area contributed by atoms with Gasteiger partial charge in [0.1, 0.15) is 11.4 Å². The maximum absolute atomic E-state index is 13.6. The summed E-state index contributed by atoms with van der Waals surface area (Å²) in [6.07, 6.45) is 2.07. The van der Waals surface area contributed by atoms with Crippen LogP contribution in [-0.2, 0) is 16.1 Å². The maximum Gasteiger partial charge on any atom is 0.278 e. The highest BCUT2D eigenvalue weighted by atomic mass is 35.5. The van der Waals surface area contributed by atoms with Gasteiger partial charge >= 0.3 is 0 Å². The topological polar surface area (TPSA) is 49.9 Å². The Kier molecular flexibility index (Phi) is 6.56. The molecule has 0 aliphatic carbocycles. The molecule has 0 spiro atoms. The van der Waals surface area contributed by atoms with Gasteiger partial charge in [-0.2, -0.15) is 0 Å². The Morgan fingerprint density at radius 2 is 1.66 bits per heavy atom. The second-order valence-electron chi connectivity index (χ2n) is 8.87. The third-order valence-electron chi connectivity index (χ3n) is 6.04. The number of ether oxygens (including phenoxy) is 1. The van der Waals surface area contributed by atoms with Crippen molar-refractivity contribution < 1.29 is 14.3 Å². The fraction of sp³-hybridized carbons (Fsp3) is 0.385. The summed E-state index contributed by atoms with van der Waals surface area (Å²) < 4.78 is 5.74. The van der Waals surface area contributed by atoms with Crippen LogP contribution in [0.25, 0.3) is 5.57 Å². The van der Waals surface area contributed by atoms with Crippen molar-refractivity contribution in [3.8, 4) is 5.75 Å². The van der Waals surface area contributed by atoms with Gasteiger partial charge in [-0.3, -0.25) is 14.5 Å². The Bertz CT molecular complexity index is 1040. The number of rotatable bonds is 6. The molecule has 0 N–H and O–H groups in total. The minimum absolute atomic E-state index is 0.0618. The number of benzene rings is 2. The summed E-state index contributed by atoms with van der Waals surface area (Å²) in [5.74, 6) is 0.833. The number of hydrogen-bond donors (Lipinski definition) is 0. The van der Waals surface area contributed by atoms with E-state index in [1.165, 1.54) is 4.90 Å². The van der Waals surface area contributed by atoms with Crippen molar-refractivity contribution in [2.24, 2.45) is 5.92 Å². The molecule has 0 atom stereocenters. The van der Waals surface area contributed by atoms with E-state index in [0.717, 1.165) is 42.8 Å². The minimum atomic E-state index is -0.277. The zero-order valence-corrected chi connectivity index (χ0v) is 19.6.